The van der Waals surface area contributed by atoms with E-state index in [0.717, 1.165) is 0 Å². The predicted molar refractivity (Wildman–Crippen MR) is 58.7 cm³/mol. The van der Waals surface area contributed by atoms with Gasteiger partial charge in [0.1, 0.15) is 5.52 Å². The maximum Gasteiger partial charge on any atom is 2.00 e. The number of nitrogens with zero attached hydrogens (tertiary/aromatic N) is 1. The number of aliphatic carboxylic acids is 1. The van der Waals surface area contributed by atoms with Gasteiger partial charge in [0, 0.05) is 17.5 Å². The Balaban J connectivity index is 0.00000162. The van der Waals surface area contributed by atoms with Gasteiger partial charge >= 0.3 is 19.5 Å². The maximum atomic E-state index is 11.2. The van der Waals surface area contributed by atoms with E-state index in [0.29, 0.717) is 11.1 Å². The molecule has 0 aliphatic rings. The third kappa shape index (κ3) is 3.12. The average molecular weight is 315 g/mol. The summed E-state index contributed by atoms with van der Waals surface area (Å²) >= 11 is 4.48. The molecular formula is C11H7NO4SZn. The van der Waals surface area contributed by atoms with Gasteiger partial charge in [-0.1, -0.05) is 12.1 Å². The van der Waals surface area contributed by atoms with Crippen LogP contribution in [0, 0.1) is 0 Å². The van der Waals surface area contributed by atoms with E-state index in [4.69, 9.17) is 4.42 Å². The summed E-state index contributed by atoms with van der Waals surface area (Å²) in [7, 11) is 0. The summed E-state index contributed by atoms with van der Waals surface area (Å²) in [5.41, 5.74) is 1.05. The average Bonchev–Trinajstić information content (AvgIpc) is 2.68. The number of oxazole rings is 1. The first kappa shape index (κ1) is 14.7. The second-order valence-corrected chi connectivity index (χ2v) is 3.87. The van der Waals surface area contributed by atoms with Crippen LogP contribution in [0.4, 0.5) is 0 Å². The largest absolute Gasteiger partial charge is 2.00 e. The van der Waals surface area contributed by atoms with E-state index in [1.165, 1.54) is 0 Å². The van der Waals surface area contributed by atoms with Crippen LogP contribution in [0.1, 0.15) is 18.2 Å². The smallest absolute Gasteiger partial charge is 0.741 e. The fourth-order valence-electron chi connectivity index (χ4n) is 1.48. The zero-order valence-electron chi connectivity index (χ0n) is 9.29. The quantitative estimate of drug-likeness (QED) is 0.589. The summed E-state index contributed by atoms with van der Waals surface area (Å²) in [4.78, 5) is 25.7. The minimum Gasteiger partial charge on any atom is -0.741 e. The van der Waals surface area contributed by atoms with Gasteiger partial charge in [-0.2, -0.15) is 0 Å². The molecule has 5 nitrogen and oxygen atoms in total. The first-order valence-corrected chi connectivity index (χ1v) is 5.25. The van der Waals surface area contributed by atoms with E-state index in [1.54, 1.807) is 24.3 Å². The number of rotatable bonds is 4. The van der Waals surface area contributed by atoms with E-state index in [1.807, 2.05) is 0 Å². The van der Waals surface area contributed by atoms with Gasteiger partial charge < -0.3 is 31.7 Å². The van der Waals surface area contributed by atoms with Gasteiger partial charge in [-0.05, 0) is 12.1 Å². The van der Waals surface area contributed by atoms with Gasteiger partial charge in [0.05, 0.1) is 5.92 Å². The number of benzene rings is 1. The number of carboxylic acid groups (broad SMARTS) is 1. The van der Waals surface area contributed by atoms with Crippen LogP contribution in [-0.4, -0.2) is 16.1 Å². The number of fused-ring (bicyclic) bond motifs is 1. The van der Waals surface area contributed by atoms with Crippen LogP contribution >= 0.6 is 0 Å². The van der Waals surface area contributed by atoms with Crippen molar-refractivity contribution < 1.29 is 38.6 Å². The van der Waals surface area contributed by atoms with Crippen LogP contribution in [0.3, 0.4) is 0 Å². The van der Waals surface area contributed by atoms with E-state index >= 15 is 0 Å². The summed E-state index contributed by atoms with van der Waals surface area (Å²) in [6.07, 6.45) is -0.519. The fourth-order valence-corrected chi connectivity index (χ4v) is 1.66. The molecule has 18 heavy (non-hydrogen) atoms. The van der Waals surface area contributed by atoms with Crippen LogP contribution in [0.2, 0.25) is 0 Å². The normalized spacial score (nSPS) is 11.8. The molecular weight excluding hydrogens is 308 g/mol. The van der Waals surface area contributed by atoms with Gasteiger partial charge in [0.15, 0.2) is 5.58 Å². The summed E-state index contributed by atoms with van der Waals surface area (Å²) in [5.74, 6) is -2.41. The minimum absolute atomic E-state index is 0. The molecule has 0 fully saturated rings. The van der Waals surface area contributed by atoms with E-state index < -0.39 is 23.4 Å². The number of hydrogen-bond donors (Lipinski definition) is 0. The van der Waals surface area contributed by atoms with Gasteiger partial charge in [-0.3, -0.25) is 0 Å². The summed E-state index contributed by atoms with van der Waals surface area (Å²) in [6, 6.07) is 6.89. The Morgan fingerprint density at radius 3 is 2.61 bits per heavy atom. The molecule has 0 saturated carbocycles. The molecule has 0 aliphatic heterocycles. The Morgan fingerprint density at radius 1 is 1.39 bits per heavy atom. The zero-order chi connectivity index (χ0) is 12.4. The number of carboxylic acids is 1. The molecule has 1 unspecified atom stereocenters. The van der Waals surface area contributed by atoms with Gasteiger partial charge in [0.2, 0.25) is 5.89 Å². The number of carbonyl (C=O) groups is 2. The number of carbonyl (C=O) groups excluding carboxylic acids is 2. The van der Waals surface area contributed by atoms with Gasteiger partial charge in [0.25, 0.3) is 0 Å². The number of aromatic nitrogens is 1. The van der Waals surface area contributed by atoms with Crippen LogP contribution < -0.4 is 5.11 Å². The minimum atomic E-state index is -1.37. The topological polar surface area (TPSA) is 83.2 Å². The molecule has 1 aromatic carbocycles. The monoisotopic (exact) mass is 313 g/mol. The summed E-state index contributed by atoms with van der Waals surface area (Å²) in [6.45, 7) is 0. The Bertz CT molecular complexity index is 550. The van der Waals surface area contributed by atoms with E-state index in [9.17, 15) is 14.7 Å². The third-order valence-corrected chi connectivity index (χ3v) is 2.55. The summed E-state index contributed by atoms with van der Waals surface area (Å²) in [5, 5.41) is 9.80. The SMILES string of the molecule is O=C([O-])CC(C(=O)[S-])c1nc2ccccc2o1.[Zn+2]. The number of hydrogen-bond acceptors (Lipinski definition) is 6. The van der Waals surface area contributed by atoms with Crippen molar-refractivity contribution in [3.05, 3.63) is 30.2 Å². The Labute approximate surface area is 121 Å². The van der Waals surface area contributed by atoms with Crippen LogP contribution in [0.5, 0.6) is 0 Å². The Morgan fingerprint density at radius 2 is 2.06 bits per heavy atom. The van der Waals surface area contributed by atoms with Crippen LogP contribution in [0.15, 0.2) is 28.7 Å². The molecule has 0 amide bonds. The molecule has 1 heterocycles. The molecule has 88 valence electrons. The standard InChI is InChI=1S/C11H9NO4S.Zn/c13-9(14)5-6(11(15)17)10-12-7-3-1-2-4-8(7)16-10;/h1-4,6H,5H2,(H,13,14)(H,15,17);/q;+2/p-2. The molecule has 0 spiro atoms. The fraction of sp³-hybridized carbons (Fsp3) is 0.182. The maximum absolute atomic E-state index is 11.2. The molecule has 7 heteroatoms. The first-order valence-electron chi connectivity index (χ1n) is 4.84. The molecule has 2 aromatic rings. The van der Waals surface area contributed by atoms with Crippen molar-refractivity contribution in [3.8, 4) is 0 Å². The van der Waals surface area contributed by atoms with Crippen molar-refractivity contribution in [3.63, 3.8) is 0 Å². The molecule has 1 atom stereocenters. The molecule has 0 radical (unpaired) electrons. The summed E-state index contributed by atoms with van der Waals surface area (Å²) < 4.78 is 5.30. The second kappa shape index (κ2) is 6.02. The van der Waals surface area contributed by atoms with Crippen LogP contribution in [0.25, 0.3) is 11.1 Å². The molecule has 0 saturated heterocycles. The van der Waals surface area contributed by atoms with Crippen molar-refractivity contribution in [1.82, 2.24) is 4.98 Å². The first-order chi connectivity index (χ1) is 8.08. The van der Waals surface area contributed by atoms with Crippen molar-refractivity contribution >= 4 is 34.8 Å². The van der Waals surface area contributed by atoms with Crippen molar-refractivity contribution in [2.75, 3.05) is 0 Å². The zero-order valence-corrected chi connectivity index (χ0v) is 13.1. The third-order valence-electron chi connectivity index (χ3n) is 2.26. The second-order valence-electron chi connectivity index (χ2n) is 3.47. The molecule has 0 bridgehead atoms. The van der Waals surface area contributed by atoms with Crippen molar-refractivity contribution in [1.29, 1.82) is 0 Å². The van der Waals surface area contributed by atoms with E-state index in [-0.39, 0.29) is 25.4 Å². The predicted octanol–water partition coefficient (Wildman–Crippen LogP) is 0.122. The van der Waals surface area contributed by atoms with Crippen molar-refractivity contribution in [2.24, 2.45) is 0 Å². The Hall–Kier alpha value is -1.33. The van der Waals surface area contributed by atoms with Gasteiger partial charge in [-0.25, -0.2) is 4.98 Å². The molecule has 2 rings (SSSR count). The Kier molecular flexibility index (Phi) is 4.93. The molecule has 0 aliphatic carbocycles. The number of para-hydroxylation sites is 2. The van der Waals surface area contributed by atoms with Crippen LogP contribution in [-0.2, 0) is 41.7 Å². The van der Waals surface area contributed by atoms with Crippen molar-refractivity contribution in [2.45, 2.75) is 12.3 Å². The molecule has 0 N–H and O–H groups in total. The van der Waals surface area contributed by atoms with Gasteiger partial charge in [-0.15, -0.1) is 0 Å². The molecule has 1 aromatic heterocycles. The van der Waals surface area contributed by atoms with E-state index in [2.05, 4.69) is 17.6 Å².